The lowest BCUT2D eigenvalue weighted by Crippen LogP contribution is -2.24. The largest absolute Gasteiger partial charge is 0.316 e. The maximum Gasteiger partial charge on any atom is 0.0144 e. The van der Waals surface area contributed by atoms with Crippen molar-refractivity contribution in [3.8, 4) is 0 Å². The van der Waals surface area contributed by atoms with Crippen LogP contribution in [0.2, 0.25) is 0 Å². The Morgan fingerprint density at radius 2 is 1.87 bits per heavy atom. The molecule has 0 bridgehead atoms. The highest BCUT2D eigenvalue weighted by molar-refractivity contribution is 7.99. The molecule has 0 saturated carbocycles. The summed E-state index contributed by atoms with van der Waals surface area (Å²) in [6.45, 7) is 11.5. The summed E-state index contributed by atoms with van der Waals surface area (Å²) in [4.78, 5) is 0. The molecule has 0 rings (SSSR count). The molecule has 0 aliphatic rings. The molecule has 15 heavy (non-hydrogen) atoms. The molecule has 1 N–H and O–H groups in total. The van der Waals surface area contributed by atoms with E-state index >= 15 is 0 Å². The Bertz CT molecular complexity index is 126. The summed E-state index contributed by atoms with van der Waals surface area (Å²) in [6, 6.07) is 0. The van der Waals surface area contributed by atoms with E-state index in [9.17, 15) is 0 Å². The van der Waals surface area contributed by atoms with E-state index in [1.54, 1.807) is 0 Å². The van der Waals surface area contributed by atoms with Gasteiger partial charge in [0.25, 0.3) is 0 Å². The second-order valence-corrected chi connectivity index (χ2v) is 6.32. The van der Waals surface area contributed by atoms with E-state index in [-0.39, 0.29) is 0 Å². The fraction of sp³-hybridized carbons (Fsp3) is 1.00. The van der Waals surface area contributed by atoms with Crippen molar-refractivity contribution in [3.63, 3.8) is 0 Å². The molecule has 0 saturated heterocycles. The quantitative estimate of drug-likeness (QED) is 0.572. The minimum atomic E-state index is 0.772. The SMILES string of the molecule is CCCCCSC(C)CNCCC(C)C. The zero-order valence-electron chi connectivity index (χ0n) is 11.0. The molecule has 1 unspecified atom stereocenters. The summed E-state index contributed by atoms with van der Waals surface area (Å²) in [5.74, 6) is 2.16. The van der Waals surface area contributed by atoms with Crippen molar-refractivity contribution in [1.82, 2.24) is 5.32 Å². The molecule has 0 heterocycles. The summed E-state index contributed by atoms with van der Waals surface area (Å²) < 4.78 is 0. The van der Waals surface area contributed by atoms with Crippen LogP contribution in [-0.4, -0.2) is 24.1 Å². The maximum absolute atomic E-state index is 3.54. The van der Waals surface area contributed by atoms with Crippen molar-refractivity contribution in [2.45, 2.75) is 58.6 Å². The smallest absolute Gasteiger partial charge is 0.0144 e. The van der Waals surface area contributed by atoms with E-state index in [2.05, 4.69) is 44.8 Å². The van der Waals surface area contributed by atoms with E-state index in [4.69, 9.17) is 0 Å². The molecule has 0 radical (unpaired) electrons. The highest BCUT2D eigenvalue weighted by atomic mass is 32.2. The molecule has 0 aliphatic carbocycles. The maximum atomic E-state index is 3.54. The van der Waals surface area contributed by atoms with Crippen LogP contribution in [0.4, 0.5) is 0 Å². The highest BCUT2D eigenvalue weighted by Crippen LogP contribution is 2.12. The first kappa shape index (κ1) is 15.3. The second kappa shape index (κ2) is 10.8. The molecule has 0 aromatic rings. The van der Waals surface area contributed by atoms with Gasteiger partial charge in [0, 0.05) is 11.8 Å². The van der Waals surface area contributed by atoms with Crippen LogP contribution in [0.5, 0.6) is 0 Å². The van der Waals surface area contributed by atoms with Crippen LogP contribution in [-0.2, 0) is 0 Å². The third-order valence-corrected chi connectivity index (χ3v) is 3.74. The lowest BCUT2D eigenvalue weighted by Gasteiger charge is -2.13. The van der Waals surface area contributed by atoms with Gasteiger partial charge in [0.05, 0.1) is 0 Å². The number of hydrogen-bond donors (Lipinski definition) is 1. The molecule has 0 spiro atoms. The molecule has 0 aromatic carbocycles. The van der Waals surface area contributed by atoms with Gasteiger partial charge in [-0.05, 0) is 31.1 Å². The van der Waals surface area contributed by atoms with Gasteiger partial charge >= 0.3 is 0 Å². The zero-order chi connectivity index (χ0) is 11.5. The van der Waals surface area contributed by atoms with E-state index < -0.39 is 0 Å². The van der Waals surface area contributed by atoms with Crippen LogP contribution in [0.15, 0.2) is 0 Å². The van der Waals surface area contributed by atoms with Gasteiger partial charge in [0.15, 0.2) is 0 Å². The summed E-state index contributed by atoms with van der Waals surface area (Å²) in [5.41, 5.74) is 0. The van der Waals surface area contributed by atoms with Crippen LogP contribution < -0.4 is 5.32 Å². The van der Waals surface area contributed by atoms with Crippen molar-refractivity contribution < 1.29 is 0 Å². The average Bonchev–Trinajstić information content (AvgIpc) is 2.19. The number of thioether (sulfide) groups is 1. The Morgan fingerprint density at radius 1 is 1.13 bits per heavy atom. The molecule has 2 heteroatoms. The molecular weight excluding hydrogens is 202 g/mol. The molecule has 1 nitrogen and oxygen atoms in total. The third-order valence-electron chi connectivity index (χ3n) is 2.48. The van der Waals surface area contributed by atoms with Crippen LogP contribution >= 0.6 is 11.8 Å². The van der Waals surface area contributed by atoms with Gasteiger partial charge in [-0.1, -0.05) is 40.5 Å². The monoisotopic (exact) mass is 231 g/mol. The van der Waals surface area contributed by atoms with Crippen molar-refractivity contribution in [3.05, 3.63) is 0 Å². The average molecular weight is 231 g/mol. The first-order valence-electron chi connectivity index (χ1n) is 6.49. The van der Waals surface area contributed by atoms with E-state index in [1.165, 1.54) is 44.5 Å². The summed E-state index contributed by atoms with van der Waals surface area (Å²) in [5, 5.41) is 4.31. The van der Waals surface area contributed by atoms with Gasteiger partial charge in [0.1, 0.15) is 0 Å². The highest BCUT2D eigenvalue weighted by Gasteiger charge is 2.01. The van der Waals surface area contributed by atoms with Crippen LogP contribution in [0.25, 0.3) is 0 Å². The number of rotatable bonds is 10. The summed E-state index contributed by atoms with van der Waals surface area (Å²) >= 11 is 2.11. The van der Waals surface area contributed by atoms with E-state index in [0.29, 0.717) is 0 Å². The lowest BCUT2D eigenvalue weighted by atomic mass is 10.1. The number of unbranched alkanes of at least 4 members (excludes halogenated alkanes) is 2. The normalized spacial score (nSPS) is 13.4. The van der Waals surface area contributed by atoms with Crippen molar-refractivity contribution in [1.29, 1.82) is 0 Å². The fourth-order valence-electron chi connectivity index (χ4n) is 1.39. The molecular formula is C13H29NS. The topological polar surface area (TPSA) is 12.0 Å². The molecule has 1 atom stereocenters. The Kier molecular flexibility index (Phi) is 11.0. The summed E-state index contributed by atoms with van der Waals surface area (Å²) in [7, 11) is 0. The van der Waals surface area contributed by atoms with Gasteiger partial charge < -0.3 is 5.32 Å². The van der Waals surface area contributed by atoms with Gasteiger partial charge in [-0.15, -0.1) is 0 Å². The van der Waals surface area contributed by atoms with Gasteiger partial charge in [-0.2, -0.15) is 11.8 Å². The van der Waals surface area contributed by atoms with Crippen LogP contribution in [0.1, 0.15) is 53.4 Å². The standard InChI is InChI=1S/C13H29NS/c1-5-6-7-10-15-13(4)11-14-9-8-12(2)3/h12-14H,5-11H2,1-4H3. The van der Waals surface area contributed by atoms with Crippen LogP contribution in [0, 0.1) is 5.92 Å². The first-order valence-corrected chi connectivity index (χ1v) is 7.54. The lowest BCUT2D eigenvalue weighted by molar-refractivity contribution is 0.539. The minimum absolute atomic E-state index is 0.772. The Hall–Kier alpha value is 0.310. The predicted molar refractivity (Wildman–Crippen MR) is 73.8 cm³/mol. The second-order valence-electron chi connectivity index (χ2n) is 4.78. The molecule has 0 aliphatic heterocycles. The van der Waals surface area contributed by atoms with Crippen molar-refractivity contribution >= 4 is 11.8 Å². The Labute approximate surface area is 101 Å². The number of hydrogen-bond acceptors (Lipinski definition) is 2. The third kappa shape index (κ3) is 12.2. The molecule has 0 aromatic heterocycles. The van der Waals surface area contributed by atoms with E-state index in [0.717, 1.165) is 11.2 Å². The molecule has 0 fully saturated rings. The van der Waals surface area contributed by atoms with Crippen molar-refractivity contribution in [2.24, 2.45) is 5.92 Å². The fourth-order valence-corrected chi connectivity index (χ4v) is 2.40. The van der Waals surface area contributed by atoms with Gasteiger partial charge in [0.2, 0.25) is 0 Å². The number of nitrogens with one attached hydrogen (secondary N) is 1. The van der Waals surface area contributed by atoms with Crippen molar-refractivity contribution in [2.75, 3.05) is 18.8 Å². The van der Waals surface area contributed by atoms with Gasteiger partial charge in [-0.3, -0.25) is 0 Å². The van der Waals surface area contributed by atoms with Gasteiger partial charge in [-0.25, -0.2) is 0 Å². The predicted octanol–water partition coefficient (Wildman–Crippen LogP) is 3.93. The zero-order valence-corrected chi connectivity index (χ0v) is 11.8. The Balaban J connectivity index is 3.15. The van der Waals surface area contributed by atoms with Crippen LogP contribution in [0.3, 0.4) is 0 Å². The molecule has 0 amide bonds. The Morgan fingerprint density at radius 3 is 2.47 bits per heavy atom. The summed E-state index contributed by atoms with van der Waals surface area (Å²) in [6.07, 6.45) is 5.41. The minimum Gasteiger partial charge on any atom is -0.316 e. The van der Waals surface area contributed by atoms with E-state index in [1.807, 2.05) is 0 Å². The molecule has 92 valence electrons. The first-order chi connectivity index (χ1) is 7.16.